The Hall–Kier alpha value is -3.85. The molecule has 4 aromatic rings. The third kappa shape index (κ3) is 11.8. The minimum absolute atomic E-state index is 0.00721. The molecule has 244 valence electrons. The predicted molar refractivity (Wildman–Crippen MR) is 178 cm³/mol. The third-order valence-electron chi connectivity index (χ3n) is 7.34. The van der Waals surface area contributed by atoms with Crippen LogP contribution in [-0.2, 0) is 54.9 Å². The molecule has 4 aromatic carbocycles. The van der Waals surface area contributed by atoms with Gasteiger partial charge in [0.05, 0.1) is 38.4 Å². The van der Waals surface area contributed by atoms with Gasteiger partial charge in [0.15, 0.2) is 0 Å². The first-order valence-electron chi connectivity index (χ1n) is 15.7. The number of aliphatic hydroxyl groups is 1. The minimum Gasteiger partial charge on any atom is -0.462 e. The van der Waals surface area contributed by atoms with Gasteiger partial charge in [0.25, 0.3) is 0 Å². The molecule has 0 bridgehead atoms. The number of esters is 1. The molecule has 0 unspecified atom stereocenters. The van der Waals surface area contributed by atoms with E-state index in [1.807, 2.05) is 121 Å². The normalized spacial score (nSPS) is 14.3. The first kappa shape index (κ1) is 35.0. The van der Waals surface area contributed by atoms with Crippen molar-refractivity contribution in [1.29, 1.82) is 0 Å². The molecule has 0 radical (unpaired) electrons. The molecule has 0 saturated heterocycles. The lowest BCUT2D eigenvalue weighted by atomic mass is 9.97. The van der Waals surface area contributed by atoms with E-state index in [1.165, 1.54) is 0 Å². The topological polar surface area (TPSA) is 83.5 Å². The van der Waals surface area contributed by atoms with Gasteiger partial charge in [0, 0.05) is 0 Å². The van der Waals surface area contributed by atoms with Crippen LogP contribution in [0.15, 0.2) is 121 Å². The molecule has 0 spiro atoms. The van der Waals surface area contributed by atoms with Crippen LogP contribution in [0, 0.1) is 5.41 Å². The van der Waals surface area contributed by atoms with Gasteiger partial charge in [-0.15, -0.1) is 0 Å². The SMILES string of the molecule is CC(C)(C)C(=O)OC[C@H](OCc1ccccc1)[C@@H](OCc1ccccc1)[C@H](OCc1ccccc1)[C@H](O)COCc1ccccc1. The molecule has 7 heteroatoms. The molecule has 0 fully saturated rings. The van der Waals surface area contributed by atoms with Crippen molar-refractivity contribution in [3.05, 3.63) is 144 Å². The number of carbonyl (C=O) groups is 1. The number of carbonyl (C=O) groups excluding carboxylic acids is 1. The Labute approximate surface area is 273 Å². The first-order valence-corrected chi connectivity index (χ1v) is 15.7. The maximum absolute atomic E-state index is 12.9. The molecule has 4 rings (SSSR count). The highest BCUT2D eigenvalue weighted by molar-refractivity contribution is 5.75. The zero-order valence-electron chi connectivity index (χ0n) is 27.0. The molecule has 0 amide bonds. The van der Waals surface area contributed by atoms with E-state index in [0.717, 1.165) is 22.3 Å². The van der Waals surface area contributed by atoms with E-state index in [9.17, 15) is 9.90 Å². The van der Waals surface area contributed by atoms with E-state index in [-0.39, 0.29) is 39.0 Å². The number of ether oxygens (including phenoxy) is 5. The van der Waals surface area contributed by atoms with Crippen LogP contribution in [0.1, 0.15) is 43.0 Å². The second kappa shape index (κ2) is 18.3. The van der Waals surface area contributed by atoms with Crippen molar-refractivity contribution in [3.8, 4) is 0 Å². The smallest absolute Gasteiger partial charge is 0.311 e. The monoisotopic (exact) mass is 626 g/mol. The number of hydrogen-bond acceptors (Lipinski definition) is 7. The lowest BCUT2D eigenvalue weighted by molar-refractivity contribution is -0.200. The average Bonchev–Trinajstić information content (AvgIpc) is 3.08. The van der Waals surface area contributed by atoms with Gasteiger partial charge in [-0.3, -0.25) is 4.79 Å². The third-order valence-corrected chi connectivity index (χ3v) is 7.34. The summed E-state index contributed by atoms with van der Waals surface area (Å²) in [6.45, 7) is 6.34. The fourth-order valence-electron chi connectivity index (χ4n) is 4.73. The van der Waals surface area contributed by atoms with Crippen LogP contribution in [0.3, 0.4) is 0 Å². The molecule has 0 saturated carbocycles. The van der Waals surface area contributed by atoms with E-state index in [2.05, 4.69) is 0 Å². The largest absolute Gasteiger partial charge is 0.462 e. The van der Waals surface area contributed by atoms with Crippen LogP contribution in [-0.4, -0.2) is 48.7 Å². The zero-order valence-corrected chi connectivity index (χ0v) is 27.0. The van der Waals surface area contributed by atoms with Gasteiger partial charge in [-0.05, 0) is 43.0 Å². The van der Waals surface area contributed by atoms with Crippen molar-refractivity contribution >= 4 is 5.97 Å². The van der Waals surface area contributed by atoms with Gasteiger partial charge in [-0.2, -0.15) is 0 Å². The van der Waals surface area contributed by atoms with Gasteiger partial charge in [-0.25, -0.2) is 0 Å². The van der Waals surface area contributed by atoms with Crippen molar-refractivity contribution in [2.24, 2.45) is 5.41 Å². The summed E-state index contributed by atoms with van der Waals surface area (Å²) >= 11 is 0. The van der Waals surface area contributed by atoms with Crippen LogP contribution in [0.4, 0.5) is 0 Å². The Balaban J connectivity index is 1.63. The van der Waals surface area contributed by atoms with Crippen molar-refractivity contribution < 1.29 is 33.6 Å². The number of rotatable bonds is 18. The van der Waals surface area contributed by atoms with Crippen molar-refractivity contribution in [3.63, 3.8) is 0 Å². The molecular formula is C39H46O7. The van der Waals surface area contributed by atoms with Crippen molar-refractivity contribution in [1.82, 2.24) is 0 Å². The van der Waals surface area contributed by atoms with Crippen molar-refractivity contribution in [2.75, 3.05) is 13.2 Å². The summed E-state index contributed by atoms with van der Waals surface area (Å²) in [7, 11) is 0. The summed E-state index contributed by atoms with van der Waals surface area (Å²) in [5, 5.41) is 11.7. The lowest BCUT2D eigenvalue weighted by Crippen LogP contribution is -2.51. The van der Waals surface area contributed by atoms with E-state index in [0.29, 0.717) is 6.61 Å². The van der Waals surface area contributed by atoms with Gasteiger partial charge in [0.1, 0.15) is 31.0 Å². The first-order chi connectivity index (χ1) is 22.3. The van der Waals surface area contributed by atoms with E-state index >= 15 is 0 Å². The molecule has 0 aliphatic carbocycles. The second-order valence-electron chi connectivity index (χ2n) is 12.3. The Morgan fingerprint density at radius 1 is 0.565 bits per heavy atom. The quantitative estimate of drug-likeness (QED) is 0.120. The van der Waals surface area contributed by atoms with Crippen molar-refractivity contribution in [2.45, 2.75) is 71.6 Å². The molecule has 0 aliphatic rings. The highest BCUT2D eigenvalue weighted by Gasteiger charge is 2.39. The number of hydrogen-bond donors (Lipinski definition) is 1. The van der Waals surface area contributed by atoms with Gasteiger partial charge in [-0.1, -0.05) is 121 Å². The summed E-state index contributed by atoms with van der Waals surface area (Å²) in [5.74, 6) is -0.365. The Morgan fingerprint density at radius 3 is 1.39 bits per heavy atom. The molecule has 0 heterocycles. The van der Waals surface area contributed by atoms with E-state index in [1.54, 1.807) is 20.8 Å². The molecular weight excluding hydrogens is 580 g/mol. The standard InChI is InChI=1S/C39H46O7/c1-39(2,3)38(41)46-29-35(43-25-31-18-10-5-11-19-31)37(45-27-33-22-14-7-15-23-33)36(44-26-32-20-12-6-13-21-32)34(40)28-42-24-30-16-8-4-9-17-30/h4-23,34-37,40H,24-29H2,1-3H3/t34-,35+,36-,37-/m1/s1. The van der Waals surface area contributed by atoms with Crippen LogP contribution in [0.25, 0.3) is 0 Å². The lowest BCUT2D eigenvalue weighted by Gasteiger charge is -2.36. The highest BCUT2D eigenvalue weighted by atomic mass is 16.6. The summed E-state index contributed by atoms with van der Waals surface area (Å²) in [6, 6.07) is 39.0. The van der Waals surface area contributed by atoms with E-state index in [4.69, 9.17) is 23.7 Å². The van der Waals surface area contributed by atoms with E-state index < -0.39 is 29.8 Å². The molecule has 1 N–H and O–H groups in total. The summed E-state index contributed by atoms with van der Waals surface area (Å²) in [4.78, 5) is 12.9. The van der Waals surface area contributed by atoms with Crippen LogP contribution >= 0.6 is 0 Å². The van der Waals surface area contributed by atoms with Crippen LogP contribution < -0.4 is 0 Å². The highest BCUT2D eigenvalue weighted by Crippen LogP contribution is 2.23. The fraction of sp³-hybridized carbons (Fsp3) is 0.359. The maximum atomic E-state index is 12.9. The maximum Gasteiger partial charge on any atom is 0.311 e. The average molecular weight is 627 g/mol. The summed E-state index contributed by atoms with van der Waals surface area (Å²) in [5.41, 5.74) is 3.11. The zero-order chi connectivity index (χ0) is 32.6. The van der Waals surface area contributed by atoms with Crippen LogP contribution in [0.5, 0.6) is 0 Å². The summed E-state index contributed by atoms with van der Waals surface area (Å²) < 4.78 is 31.3. The second-order valence-corrected chi connectivity index (χ2v) is 12.3. The van der Waals surface area contributed by atoms with Gasteiger partial charge in [0.2, 0.25) is 0 Å². The number of aliphatic hydroxyl groups excluding tert-OH is 1. The summed E-state index contributed by atoms with van der Waals surface area (Å²) in [6.07, 6.45) is -3.60. The Bertz CT molecular complexity index is 1390. The minimum atomic E-state index is -1.09. The molecule has 46 heavy (non-hydrogen) atoms. The van der Waals surface area contributed by atoms with Gasteiger partial charge < -0.3 is 28.8 Å². The Morgan fingerprint density at radius 2 is 0.957 bits per heavy atom. The molecule has 7 nitrogen and oxygen atoms in total. The van der Waals surface area contributed by atoms with Crippen LogP contribution in [0.2, 0.25) is 0 Å². The predicted octanol–water partition coefficient (Wildman–Crippen LogP) is 6.91. The molecule has 0 aliphatic heterocycles. The number of benzene rings is 4. The fourth-order valence-corrected chi connectivity index (χ4v) is 4.73. The molecule has 4 atom stereocenters. The Kier molecular flexibility index (Phi) is 14.0. The molecule has 0 aromatic heterocycles. The van der Waals surface area contributed by atoms with Gasteiger partial charge >= 0.3 is 5.97 Å².